The first-order valence-corrected chi connectivity index (χ1v) is 13.0. The molecule has 0 spiro atoms. The fraction of sp³-hybridized carbons (Fsp3) is 0.310. The van der Waals surface area contributed by atoms with Crippen LogP contribution < -0.4 is 5.32 Å². The van der Waals surface area contributed by atoms with Gasteiger partial charge in [0.2, 0.25) is 0 Å². The number of nitrogens with one attached hydrogen (secondary N) is 1. The molecule has 0 bridgehead atoms. The SMILES string of the molecule is CC.CC.CC.CNc1csc(-c2cc(C)c(F)cc2C)c1C(=O)O.O=Cc1cc2ccccc2o1. The van der Waals surface area contributed by atoms with Gasteiger partial charge in [-0.15, -0.1) is 11.3 Å². The minimum absolute atomic E-state index is 0.238. The number of carboxylic acids is 1. The van der Waals surface area contributed by atoms with E-state index in [2.05, 4.69) is 5.32 Å². The number of anilines is 1. The van der Waals surface area contributed by atoms with Crippen LogP contribution in [0.25, 0.3) is 21.4 Å². The number of hydrogen-bond acceptors (Lipinski definition) is 5. The largest absolute Gasteiger partial charge is 0.478 e. The standard InChI is InChI=1S/C14H14FNO2S.C9H6O2.3C2H6/c1-7-5-10(15)8(2)4-9(7)13-12(14(17)18)11(16-3)6-19-13;10-6-8-5-7-3-1-2-4-9(7)11-8;3*1-2/h4-6,16H,1-3H3,(H,17,18);1-6H;3*1-2H3. The van der Waals surface area contributed by atoms with Crippen LogP contribution in [0.4, 0.5) is 10.1 Å². The number of para-hydroxylation sites is 1. The summed E-state index contributed by atoms with van der Waals surface area (Å²) in [6.45, 7) is 15.5. The zero-order valence-electron chi connectivity index (χ0n) is 22.7. The fourth-order valence-corrected chi connectivity index (χ4v) is 4.17. The van der Waals surface area contributed by atoms with Crippen LogP contribution in [0.1, 0.15) is 73.6 Å². The number of benzene rings is 2. The number of fused-ring (bicyclic) bond motifs is 1. The van der Waals surface area contributed by atoms with Gasteiger partial charge in [0.15, 0.2) is 12.0 Å². The molecule has 0 saturated heterocycles. The zero-order chi connectivity index (χ0) is 27.8. The van der Waals surface area contributed by atoms with Crippen LogP contribution in [0.15, 0.2) is 52.3 Å². The molecule has 0 radical (unpaired) electrons. The predicted molar refractivity (Wildman–Crippen MR) is 151 cm³/mol. The summed E-state index contributed by atoms with van der Waals surface area (Å²) in [5.74, 6) is -0.878. The normalized spacial score (nSPS) is 9.17. The number of carbonyl (C=O) groups excluding carboxylic acids is 1. The lowest BCUT2D eigenvalue weighted by molar-refractivity contribution is 0.0699. The molecule has 0 atom stereocenters. The number of carbonyl (C=O) groups is 2. The van der Waals surface area contributed by atoms with Crippen molar-refractivity contribution in [2.75, 3.05) is 12.4 Å². The van der Waals surface area contributed by atoms with Gasteiger partial charge in [0, 0.05) is 17.8 Å². The molecule has 2 heterocycles. The number of halogens is 1. The molecule has 0 saturated carbocycles. The van der Waals surface area contributed by atoms with Crippen molar-refractivity contribution >= 4 is 40.2 Å². The zero-order valence-corrected chi connectivity index (χ0v) is 23.5. The maximum absolute atomic E-state index is 13.5. The highest BCUT2D eigenvalue weighted by Crippen LogP contribution is 2.38. The molecule has 0 unspecified atom stereocenters. The van der Waals surface area contributed by atoms with E-state index in [1.165, 1.54) is 17.4 Å². The Kier molecular flexibility index (Phi) is 15.4. The monoisotopic (exact) mass is 515 g/mol. The van der Waals surface area contributed by atoms with Crippen molar-refractivity contribution in [3.8, 4) is 10.4 Å². The van der Waals surface area contributed by atoms with Crippen LogP contribution in [0, 0.1) is 19.7 Å². The van der Waals surface area contributed by atoms with Crippen LogP contribution in [0.2, 0.25) is 0 Å². The number of rotatable bonds is 4. The van der Waals surface area contributed by atoms with Crippen LogP contribution in [0.3, 0.4) is 0 Å². The molecule has 2 aromatic carbocycles. The van der Waals surface area contributed by atoms with Crippen LogP contribution in [-0.2, 0) is 0 Å². The van der Waals surface area contributed by atoms with E-state index < -0.39 is 5.97 Å². The minimum Gasteiger partial charge on any atom is -0.478 e. The number of carboxylic acid groups (broad SMARTS) is 1. The third kappa shape index (κ3) is 8.34. The molecular formula is C29H38FNO4S. The van der Waals surface area contributed by atoms with Gasteiger partial charge < -0.3 is 14.8 Å². The highest BCUT2D eigenvalue weighted by Gasteiger charge is 2.20. The highest BCUT2D eigenvalue weighted by molar-refractivity contribution is 7.14. The Balaban J connectivity index is 0.000000611. The average molecular weight is 516 g/mol. The molecule has 0 fully saturated rings. The first kappa shape index (κ1) is 32.6. The molecule has 0 aliphatic carbocycles. The van der Waals surface area contributed by atoms with E-state index in [-0.39, 0.29) is 11.4 Å². The maximum atomic E-state index is 13.5. The van der Waals surface area contributed by atoms with E-state index in [0.717, 1.165) is 22.1 Å². The molecule has 2 aromatic heterocycles. The van der Waals surface area contributed by atoms with Gasteiger partial charge in [-0.25, -0.2) is 9.18 Å². The lowest BCUT2D eigenvalue weighted by Gasteiger charge is -2.08. The van der Waals surface area contributed by atoms with Gasteiger partial charge in [0.05, 0.1) is 10.6 Å². The molecule has 36 heavy (non-hydrogen) atoms. The molecular weight excluding hydrogens is 477 g/mol. The average Bonchev–Trinajstić information content (AvgIpc) is 3.54. The van der Waals surface area contributed by atoms with Gasteiger partial charge in [-0.05, 0) is 54.8 Å². The van der Waals surface area contributed by atoms with Gasteiger partial charge in [-0.2, -0.15) is 0 Å². The van der Waals surface area contributed by atoms with E-state index >= 15 is 0 Å². The van der Waals surface area contributed by atoms with Crippen molar-refractivity contribution in [3.63, 3.8) is 0 Å². The van der Waals surface area contributed by atoms with Crippen molar-refractivity contribution < 1.29 is 23.5 Å². The number of aldehydes is 1. The van der Waals surface area contributed by atoms with Gasteiger partial charge >= 0.3 is 5.97 Å². The molecule has 0 aliphatic rings. The van der Waals surface area contributed by atoms with E-state index in [1.54, 1.807) is 38.4 Å². The number of thiophene rings is 1. The lowest BCUT2D eigenvalue weighted by Crippen LogP contribution is -2.02. The summed E-state index contributed by atoms with van der Waals surface area (Å²) < 4.78 is 18.6. The number of furan rings is 1. The predicted octanol–water partition coefficient (Wildman–Crippen LogP) is 9.23. The molecule has 4 aromatic rings. The Morgan fingerprint density at radius 1 is 1.00 bits per heavy atom. The summed E-state index contributed by atoms with van der Waals surface area (Å²) in [4.78, 5) is 22.3. The van der Waals surface area contributed by atoms with Gasteiger partial charge in [0.1, 0.15) is 17.0 Å². The summed E-state index contributed by atoms with van der Waals surface area (Å²) in [7, 11) is 1.68. The second-order valence-electron chi connectivity index (χ2n) is 6.63. The molecule has 196 valence electrons. The number of aryl methyl sites for hydroxylation is 2. The van der Waals surface area contributed by atoms with Crippen molar-refractivity contribution in [3.05, 3.63) is 76.1 Å². The Bertz CT molecular complexity index is 1190. The molecule has 7 heteroatoms. The Hall–Kier alpha value is -3.45. The molecule has 2 N–H and O–H groups in total. The first-order valence-electron chi connectivity index (χ1n) is 12.1. The smallest absolute Gasteiger partial charge is 0.339 e. The molecule has 0 amide bonds. The van der Waals surface area contributed by atoms with Crippen molar-refractivity contribution in [2.24, 2.45) is 0 Å². The van der Waals surface area contributed by atoms with E-state index in [4.69, 9.17) is 4.42 Å². The fourth-order valence-electron chi connectivity index (χ4n) is 3.04. The summed E-state index contributed by atoms with van der Waals surface area (Å²) in [5, 5.41) is 14.9. The van der Waals surface area contributed by atoms with Gasteiger partial charge in [-0.3, -0.25) is 4.79 Å². The third-order valence-electron chi connectivity index (χ3n) is 4.59. The molecule has 5 nitrogen and oxygen atoms in total. The van der Waals surface area contributed by atoms with Crippen LogP contribution in [-0.4, -0.2) is 24.4 Å². The topological polar surface area (TPSA) is 79.5 Å². The number of hydrogen-bond donors (Lipinski definition) is 2. The summed E-state index contributed by atoms with van der Waals surface area (Å²) in [6.07, 6.45) is 0.708. The lowest BCUT2D eigenvalue weighted by atomic mass is 10.0. The van der Waals surface area contributed by atoms with E-state index in [1.807, 2.05) is 65.8 Å². The summed E-state index contributed by atoms with van der Waals surface area (Å²) in [6, 6.07) is 12.4. The molecule has 0 aliphatic heterocycles. The Morgan fingerprint density at radius 3 is 2.14 bits per heavy atom. The summed E-state index contributed by atoms with van der Waals surface area (Å²) >= 11 is 1.35. The van der Waals surface area contributed by atoms with Crippen LogP contribution >= 0.6 is 11.3 Å². The summed E-state index contributed by atoms with van der Waals surface area (Å²) in [5.41, 5.74) is 3.58. The second kappa shape index (κ2) is 17.1. The minimum atomic E-state index is -0.984. The number of aromatic carboxylic acids is 1. The quantitative estimate of drug-likeness (QED) is 0.265. The Labute approximate surface area is 218 Å². The highest BCUT2D eigenvalue weighted by atomic mass is 32.1. The third-order valence-corrected chi connectivity index (χ3v) is 5.60. The van der Waals surface area contributed by atoms with Crippen LogP contribution in [0.5, 0.6) is 0 Å². The maximum Gasteiger partial charge on any atom is 0.339 e. The van der Waals surface area contributed by atoms with Crippen molar-refractivity contribution in [2.45, 2.75) is 55.4 Å². The van der Waals surface area contributed by atoms with E-state index in [9.17, 15) is 19.1 Å². The Morgan fingerprint density at radius 2 is 1.61 bits per heavy atom. The molecule has 4 rings (SSSR count). The van der Waals surface area contributed by atoms with Gasteiger partial charge in [0.25, 0.3) is 0 Å². The van der Waals surface area contributed by atoms with E-state index in [0.29, 0.717) is 28.2 Å². The second-order valence-corrected chi connectivity index (χ2v) is 7.51. The van der Waals surface area contributed by atoms with Gasteiger partial charge in [-0.1, -0.05) is 59.7 Å². The first-order chi connectivity index (χ1) is 17.3. The van der Waals surface area contributed by atoms with Crippen molar-refractivity contribution in [1.29, 1.82) is 0 Å². The van der Waals surface area contributed by atoms with Crippen molar-refractivity contribution in [1.82, 2.24) is 0 Å².